The van der Waals surface area contributed by atoms with E-state index in [0.717, 1.165) is 23.4 Å². The van der Waals surface area contributed by atoms with Crippen LogP contribution in [0.1, 0.15) is 27.2 Å². The number of nitrogens with one attached hydrogen (secondary N) is 2. The maximum absolute atomic E-state index is 14.0. The van der Waals surface area contributed by atoms with Crippen LogP contribution in [0.3, 0.4) is 0 Å². The minimum atomic E-state index is -0.739. The fourth-order valence-electron chi connectivity index (χ4n) is 3.63. The Morgan fingerprint density at radius 1 is 1.06 bits per heavy atom. The van der Waals surface area contributed by atoms with E-state index in [1.165, 1.54) is 12.1 Å². The van der Waals surface area contributed by atoms with Crippen molar-refractivity contribution in [3.63, 3.8) is 0 Å². The fraction of sp³-hybridized carbons (Fsp3) is 0.192. The number of nitrogens with zero attached hydrogens (tertiary/aromatic N) is 3. The Morgan fingerprint density at radius 3 is 2.64 bits per heavy atom. The van der Waals surface area contributed by atoms with Crippen LogP contribution >= 0.6 is 11.6 Å². The molecule has 186 valence electrons. The number of halogens is 3. The molecule has 7 nitrogen and oxygen atoms in total. The summed E-state index contributed by atoms with van der Waals surface area (Å²) in [6.45, 7) is 3.08. The first-order chi connectivity index (χ1) is 17.4. The minimum absolute atomic E-state index is 0.0723. The van der Waals surface area contributed by atoms with Crippen molar-refractivity contribution in [1.29, 1.82) is 0 Å². The van der Waals surface area contributed by atoms with E-state index in [4.69, 9.17) is 16.7 Å². The monoisotopic (exact) mass is 511 g/mol. The van der Waals surface area contributed by atoms with Gasteiger partial charge in [-0.25, -0.2) is 13.5 Å². The van der Waals surface area contributed by atoms with Gasteiger partial charge in [-0.2, -0.15) is 0 Å². The number of hydrogen-bond acceptors (Lipinski definition) is 6. The van der Waals surface area contributed by atoms with E-state index in [2.05, 4.69) is 20.9 Å². The standard InChI is InChI=1S/C26H24ClF2N5O2/c1-16-2-5-20(34-15-19(32-33-34)8-9-30-10-11-35)14-22(16)26(36)21-6-4-18(13-23(21)27)31-25-7-3-17(28)12-24(25)29/h2-7,12-15,30-31,35H,8-11H2,1H3. The molecule has 0 radical (unpaired) electrons. The topological polar surface area (TPSA) is 92.1 Å². The van der Waals surface area contributed by atoms with Gasteiger partial charge in [0.25, 0.3) is 0 Å². The Hall–Kier alpha value is -3.66. The van der Waals surface area contributed by atoms with Gasteiger partial charge in [0, 0.05) is 42.4 Å². The summed E-state index contributed by atoms with van der Waals surface area (Å²) in [5.74, 6) is -1.68. The maximum Gasteiger partial charge on any atom is 0.194 e. The largest absolute Gasteiger partial charge is 0.395 e. The molecule has 3 N–H and O–H groups in total. The van der Waals surface area contributed by atoms with Crippen LogP contribution in [-0.2, 0) is 6.42 Å². The lowest BCUT2D eigenvalue weighted by atomic mass is 9.98. The van der Waals surface area contributed by atoms with Crippen LogP contribution in [0.15, 0.2) is 60.8 Å². The van der Waals surface area contributed by atoms with Crippen molar-refractivity contribution in [2.24, 2.45) is 0 Å². The van der Waals surface area contributed by atoms with Crippen molar-refractivity contribution in [3.05, 3.63) is 99.8 Å². The zero-order valence-electron chi connectivity index (χ0n) is 19.4. The van der Waals surface area contributed by atoms with Gasteiger partial charge in [0.2, 0.25) is 0 Å². The summed E-state index contributed by atoms with van der Waals surface area (Å²) in [5.41, 5.74) is 3.51. The van der Waals surface area contributed by atoms with Gasteiger partial charge in [-0.05, 0) is 55.0 Å². The number of benzene rings is 3. The summed E-state index contributed by atoms with van der Waals surface area (Å²) in [7, 11) is 0. The van der Waals surface area contributed by atoms with Crippen LogP contribution in [0.5, 0.6) is 0 Å². The molecule has 0 saturated heterocycles. The molecule has 1 heterocycles. The molecular formula is C26H24ClF2N5O2. The van der Waals surface area contributed by atoms with Crippen molar-refractivity contribution in [2.75, 3.05) is 25.0 Å². The Labute approximate surface area is 211 Å². The molecule has 0 unspecified atom stereocenters. The highest BCUT2D eigenvalue weighted by atomic mass is 35.5. The van der Waals surface area contributed by atoms with E-state index < -0.39 is 11.6 Å². The third kappa shape index (κ3) is 5.93. The highest BCUT2D eigenvalue weighted by molar-refractivity contribution is 6.35. The molecule has 10 heteroatoms. The lowest BCUT2D eigenvalue weighted by Gasteiger charge is -2.12. The van der Waals surface area contributed by atoms with E-state index in [1.807, 2.05) is 19.1 Å². The zero-order valence-corrected chi connectivity index (χ0v) is 20.2. The molecule has 0 amide bonds. The summed E-state index contributed by atoms with van der Waals surface area (Å²) in [6, 6.07) is 13.3. The van der Waals surface area contributed by atoms with E-state index in [1.54, 1.807) is 29.1 Å². The molecule has 0 saturated carbocycles. The average molecular weight is 512 g/mol. The number of carbonyl (C=O) groups is 1. The van der Waals surface area contributed by atoms with Crippen molar-refractivity contribution in [2.45, 2.75) is 13.3 Å². The second-order valence-corrected chi connectivity index (χ2v) is 8.56. The summed E-state index contributed by atoms with van der Waals surface area (Å²) in [5, 5.41) is 23.3. The average Bonchev–Trinajstić information content (AvgIpc) is 3.33. The van der Waals surface area contributed by atoms with Gasteiger partial charge < -0.3 is 15.7 Å². The van der Waals surface area contributed by atoms with Crippen LogP contribution in [0.2, 0.25) is 5.02 Å². The highest BCUT2D eigenvalue weighted by Gasteiger charge is 2.17. The molecule has 0 spiro atoms. The molecule has 0 atom stereocenters. The van der Waals surface area contributed by atoms with E-state index in [-0.39, 0.29) is 28.7 Å². The number of aliphatic hydroxyl groups is 1. The number of rotatable bonds is 10. The molecule has 1 aromatic heterocycles. The third-order valence-corrected chi connectivity index (χ3v) is 5.85. The molecule has 4 aromatic rings. The number of aryl methyl sites for hydroxylation is 1. The number of aliphatic hydroxyl groups excluding tert-OH is 1. The van der Waals surface area contributed by atoms with Crippen LogP contribution in [0.4, 0.5) is 20.2 Å². The van der Waals surface area contributed by atoms with Gasteiger partial charge in [-0.3, -0.25) is 4.79 Å². The SMILES string of the molecule is Cc1ccc(-n2cc(CCNCCO)nn2)cc1C(=O)c1ccc(Nc2ccc(F)cc2F)cc1Cl. The summed E-state index contributed by atoms with van der Waals surface area (Å²) in [4.78, 5) is 13.4. The summed E-state index contributed by atoms with van der Waals surface area (Å²) in [6.07, 6.45) is 2.44. The number of ketones is 1. The van der Waals surface area contributed by atoms with Gasteiger partial charge in [0.1, 0.15) is 11.6 Å². The maximum atomic E-state index is 14.0. The Kier molecular flexibility index (Phi) is 8.04. The van der Waals surface area contributed by atoms with Crippen molar-refractivity contribution >= 4 is 28.8 Å². The molecule has 0 aliphatic heterocycles. The lowest BCUT2D eigenvalue weighted by molar-refractivity contribution is 0.103. The summed E-state index contributed by atoms with van der Waals surface area (Å²) < 4.78 is 28.7. The molecule has 0 aliphatic carbocycles. The number of aromatic nitrogens is 3. The second-order valence-electron chi connectivity index (χ2n) is 8.15. The summed E-state index contributed by atoms with van der Waals surface area (Å²) >= 11 is 6.43. The number of carbonyl (C=O) groups excluding carboxylic acids is 1. The van der Waals surface area contributed by atoms with Crippen LogP contribution in [0, 0.1) is 18.6 Å². The highest BCUT2D eigenvalue weighted by Crippen LogP contribution is 2.28. The quantitative estimate of drug-likeness (QED) is 0.213. The first kappa shape index (κ1) is 25.4. The molecule has 4 rings (SSSR count). The van der Waals surface area contributed by atoms with Gasteiger partial charge >= 0.3 is 0 Å². The van der Waals surface area contributed by atoms with Crippen molar-refractivity contribution in [1.82, 2.24) is 20.3 Å². The third-order valence-electron chi connectivity index (χ3n) is 5.54. The van der Waals surface area contributed by atoms with Crippen LogP contribution in [-0.4, -0.2) is 45.6 Å². The Morgan fingerprint density at radius 2 is 1.89 bits per heavy atom. The second kappa shape index (κ2) is 11.4. The van der Waals surface area contributed by atoms with E-state index >= 15 is 0 Å². The van der Waals surface area contributed by atoms with Gasteiger partial charge in [-0.1, -0.05) is 22.9 Å². The molecule has 0 aliphatic rings. The molecule has 0 fully saturated rings. The molecule has 36 heavy (non-hydrogen) atoms. The Bertz CT molecular complexity index is 1390. The van der Waals surface area contributed by atoms with Crippen molar-refractivity contribution < 1.29 is 18.7 Å². The molecular weight excluding hydrogens is 488 g/mol. The van der Waals surface area contributed by atoms with E-state index in [0.29, 0.717) is 36.4 Å². The number of anilines is 2. The minimum Gasteiger partial charge on any atom is -0.395 e. The van der Waals surface area contributed by atoms with Crippen molar-refractivity contribution in [3.8, 4) is 5.69 Å². The van der Waals surface area contributed by atoms with Gasteiger partial charge in [-0.15, -0.1) is 5.10 Å². The molecule has 0 bridgehead atoms. The lowest BCUT2D eigenvalue weighted by Crippen LogP contribution is -2.20. The first-order valence-electron chi connectivity index (χ1n) is 11.3. The smallest absolute Gasteiger partial charge is 0.194 e. The van der Waals surface area contributed by atoms with Crippen LogP contribution < -0.4 is 10.6 Å². The zero-order chi connectivity index (χ0) is 25.7. The predicted molar refractivity (Wildman–Crippen MR) is 134 cm³/mol. The predicted octanol–water partition coefficient (Wildman–Crippen LogP) is 4.61. The van der Waals surface area contributed by atoms with Crippen LogP contribution in [0.25, 0.3) is 5.69 Å². The van der Waals surface area contributed by atoms with Gasteiger partial charge in [0.15, 0.2) is 5.78 Å². The number of hydrogen-bond donors (Lipinski definition) is 3. The van der Waals surface area contributed by atoms with E-state index in [9.17, 15) is 13.6 Å². The first-order valence-corrected chi connectivity index (χ1v) is 11.6. The van der Waals surface area contributed by atoms with Gasteiger partial charge in [0.05, 0.1) is 34.9 Å². The molecule has 3 aromatic carbocycles. The Balaban J connectivity index is 1.53. The fourth-order valence-corrected chi connectivity index (χ4v) is 3.89. The normalized spacial score (nSPS) is 11.0.